The van der Waals surface area contributed by atoms with E-state index in [1.807, 2.05) is 0 Å². The van der Waals surface area contributed by atoms with Crippen LogP contribution in [0.25, 0.3) is 0 Å². The minimum Gasteiger partial charge on any atom is -0.449 e. The molecule has 0 saturated heterocycles. The van der Waals surface area contributed by atoms with Crippen LogP contribution in [0.5, 0.6) is 0 Å². The molecule has 1 aromatic heterocycles. The average Bonchev–Trinajstić information content (AvgIpc) is 2.82. The zero-order valence-electron chi connectivity index (χ0n) is 8.96. The third-order valence-corrected chi connectivity index (χ3v) is 2.49. The summed E-state index contributed by atoms with van der Waals surface area (Å²) in [5.41, 5.74) is -0.429. The first kappa shape index (κ1) is 14.7. The SMILES string of the molecule is OC1(c2cc(C[B-](F)(F)F)ccn2)CC1.[K+]. The smallest absolute Gasteiger partial charge is 0.449 e. The predicted molar refractivity (Wildman–Crippen MR) is 50.1 cm³/mol. The minimum atomic E-state index is -4.83. The van der Waals surface area contributed by atoms with Gasteiger partial charge in [-0.25, -0.2) is 0 Å². The molecule has 1 fully saturated rings. The van der Waals surface area contributed by atoms with E-state index >= 15 is 0 Å². The van der Waals surface area contributed by atoms with Crippen LogP contribution in [0.1, 0.15) is 24.1 Å². The fraction of sp³-hybridized carbons (Fsp3) is 0.444. The molecule has 1 aliphatic rings. The molecule has 0 bridgehead atoms. The molecule has 82 valence electrons. The molecule has 1 aliphatic carbocycles. The van der Waals surface area contributed by atoms with Crippen LogP contribution in [0, 0.1) is 0 Å². The van der Waals surface area contributed by atoms with Crippen molar-refractivity contribution in [1.82, 2.24) is 4.98 Å². The fourth-order valence-corrected chi connectivity index (χ4v) is 1.50. The molecule has 2 rings (SSSR count). The minimum absolute atomic E-state index is 0. The summed E-state index contributed by atoms with van der Waals surface area (Å²) in [4.78, 5) is 3.89. The Bertz CT molecular complexity index is 381. The van der Waals surface area contributed by atoms with E-state index in [9.17, 15) is 18.1 Å². The van der Waals surface area contributed by atoms with E-state index in [0.717, 1.165) is 0 Å². The number of pyridine rings is 1. The van der Waals surface area contributed by atoms with Crippen molar-refractivity contribution >= 4 is 6.98 Å². The van der Waals surface area contributed by atoms with Crippen LogP contribution in [0.4, 0.5) is 12.9 Å². The van der Waals surface area contributed by atoms with Gasteiger partial charge < -0.3 is 18.1 Å². The van der Waals surface area contributed by atoms with Gasteiger partial charge in [-0.1, -0.05) is 11.9 Å². The third-order valence-electron chi connectivity index (χ3n) is 2.49. The average molecular weight is 255 g/mol. The van der Waals surface area contributed by atoms with E-state index in [1.165, 1.54) is 18.3 Å². The molecule has 0 atom stereocenters. The van der Waals surface area contributed by atoms with Crippen LogP contribution in [-0.4, -0.2) is 17.1 Å². The second kappa shape index (κ2) is 5.07. The Morgan fingerprint density at radius 2 is 2.00 bits per heavy atom. The first-order chi connectivity index (χ1) is 6.89. The van der Waals surface area contributed by atoms with Crippen molar-refractivity contribution in [3.05, 3.63) is 29.6 Å². The van der Waals surface area contributed by atoms with Gasteiger partial charge in [0.05, 0.1) is 5.69 Å². The second-order valence-corrected chi connectivity index (χ2v) is 4.00. The summed E-state index contributed by atoms with van der Waals surface area (Å²) in [6, 6.07) is 2.69. The predicted octanol–water partition coefficient (Wildman–Crippen LogP) is -1.00. The summed E-state index contributed by atoms with van der Waals surface area (Å²) in [6.07, 6.45) is 1.58. The van der Waals surface area contributed by atoms with Crippen LogP contribution < -0.4 is 51.4 Å². The number of aromatic nitrogens is 1. The van der Waals surface area contributed by atoms with E-state index in [2.05, 4.69) is 4.98 Å². The summed E-state index contributed by atoms with van der Waals surface area (Å²) in [6.45, 7) is -4.83. The number of hydrogen-bond acceptors (Lipinski definition) is 2. The summed E-state index contributed by atoms with van der Waals surface area (Å²) in [5, 5.41) is 9.68. The zero-order valence-corrected chi connectivity index (χ0v) is 12.1. The number of hydrogen-bond donors (Lipinski definition) is 1. The number of nitrogens with zero attached hydrogens (tertiary/aromatic N) is 1. The summed E-state index contributed by atoms with van der Waals surface area (Å²) in [7, 11) is 0. The van der Waals surface area contributed by atoms with E-state index in [0.29, 0.717) is 18.5 Å². The molecular formula is C9H10BF3KNO. The van der Waals surface area contributed by atoms with Gasteiger partial charge in [0.1, 0.15) is 5.60 Å². The molecule has 16 heavy (non-hydrogen) atoms. The van der Waals surface area contributed by atoms with Crippen LogP contribution in [-0.2, 0) is 11.9 Å². The summed E-state index contributed by atoms with van der Waals surface area (Å²) in [5.74, 6) is 0. The number of halogens is 3. The number of rotatable bonds is 3. The first-order valence-corrected chi connectivity index (χ1v) is 4.78. The standard InChI is InChI=1S/C9H10BF3NO.K/c11-10(12,13)6-7-1-4-14-8(5-7)9(15)2-3-9;/h1,4-5,15H,2-3,6H2;/q-1;+1. The van der Waals surface area contributed by atoms with Crippen LogP contribution in [0.3, 0.4) is 0 Å². The Labute approximate surface area is 134 Å². The molecule has 1 saturated carbocycles. The molecule has 0 amide bonds. The van der Waals surface area contributed by atoms with Gasteiger partial charge in [-0.3, -0.25) is 4.98 Å². The molecule has 1 aromatic rings. The molecular weight excluding hydrogens is 245 g/mol. The van der Waals surface area contributed by atoms with Crippen molar-refractivity contribution in [3.63, 3.8) is 0 Å². The van der Waals surface area contributed by atoms with Gasteiger partial charge in [0.15, 0.2) is 0 Å². The van der Waals surface area contributed by atoms with Crippen LogP contribution in [0.15, 0.2) is 18.3 Å². The van der Waals surface area contributed by atoms with Crippen LogP contribution in [0.2, 0.25) is 0 Å². The topological polar surface area (TPSA) is 33.1 Å². The molecule has 1 N–H and O–H groups in total. The Morgan fingerprint density at radius 1 is 1.38 bits per heavy atom. The maximum Gasteiger partial charge on any atom is 1.00 e. The van der Waals surface area contributed by atoms with Crippen LogP contribution >= 0.6 is 0 Å². The van der Waals surface area contributed by atoms with Crippen molar-refractivity contribution in [2.45, 2.75) is 24.8 Å². The normalized spacial score (nSPS) is 17.8. The molecule has 0 aliphatic heterocycles. The van der Waals surface area contributed by atoms with Gasteiger partial charge in [-0.05, 0) is 25.0 Å². The molecule has 0 spiro atoms. The Balaban J connectivity index is 0.00000128. The maximum atomic E-state index is 12.2. The largest absolute Gasteiger partial charge is 1.00 e. The summed E-state index contributed by atoms with van der Waals surface area (Å²) < 4.78 is 36.5. The summed E-state index contributed by atoms with van der Waals surface area (Å²) >= 11 is 0. The van der Waals surface area contributed by atoms with E-state index in [1.54, 1.807) is 0 Å². The maximum absolute atomic E-state index is 12.2. The van der Waals surface area contributed by atoms with Crippen molar-refractivity contribution in [1.29, 1.82) is 0 Å². The van der Waals surface area contributed by atoms with E-state index in [-0.39, 0.29) is 56.9 Å². The van der Waals surface area contributed by atoms with Crippen molar-refractivity contribution in [2.75, 3.05) is 0 Å². The van der Waals surface area contributed by atoms with Crippen molar-refractivity contribution in [3.8, 4) is 0 Å². The monoisotopic (exact) mass is 255 g/mol. The molecule has 7 heteroatoms. The van der Waals surface area contributed by atoms with Gasteiger partial charge in [0, 0.05) is 6.20 Å². The van der Waals surface area contributed by atoms with Gasteiger partial charge in [0.25, 0.3) is 0 Å². The molecule has 0 radical (unpaired) electrons. The molecule has 2 nitrogen and oxygen atoms in total. The molecule has 0 aromatic carbocycles. The van der Waals surface area contributed by atoms with Gasteiger partial charge in [-0.2, -0.15) is 0 Å². The fourth-order valence-electron chi connectivity index (χ4n) is 1.50. The van der Waals surface area contributed by atoms with Gasteiger partial charge in [0.2, 0.25) is 0 Å². The third kappa shape index (κ3) is 3.82. The number of aliphatic hydroxyl groups is 1. The van der Waals surface area contributed by atoms with Crippen molar-refractivity contribution < 1.29 is 69.4 Å². The van der Waals surface area contributed by atoms with Crippen molar-refractivity contribution in [2.24, 2.45) is 0 Å². The quantitative estimate of drug-likeness (QED) is 0.702. The van der Waals surface area contributed by atoms with Gasteiger partial charge >= 0.3 is 58.4 Å². The molecule has 1 heterocycles. The van der Waals surface area contributed by atoms with E-state index < -0.39 is 18.9 Å². The zero-order chi connectivity index (χ0) is 11.1. The Morgan fingerprint density at radius 3 is 2.50 bits per heavy atom. The van der Waals surface area contributed by atoms with E-state index in [4.69, 9.17) is 0 Å². The second-order valence-electron chi connectivity index (χ2n) is 4.00. The molecule has 0 unspecified atom stereocenters. The first-order valence-electron chi connectivity index (χ1n) is 4.78. The Hall–Kier alpha value is 0.601. The Kier molecular flexibility index (Phi) is 4.65. The van der Waals surface area contributed by atoms with Gasteiger partial charge in [-0.15, -0.1) is 0 Å².